The second-order valence-electron chi connectivity index (χ2n) is 20.4. The number of nitrogens with one attached hydrogen (secondary N) is 1. The Hall–Kier alpha value is -0.610. The highest BCUT2D eigenvalue weighted by Crippen LogP contribution is 2.19. The molecule has 372 valence electrons. The van der Waals surface area contributed by atoms with E-state index in [0.717, 1.165) is 25.7 Å². The molecule has 0 saturated carbocycles. The highest BCUT2D eigenvalue weighted by Gasteiger charge is 2.20. The van der Waals surface area contributed by atoms with Gasteiger partial charge in [0.05, 0.1) is 18.8 Å². The van der Waals surface area contributed by atoms with Gasteiger partial charge in [0.25, 0.3) is 0 Å². The molecule has 2 unspecified atom stereocenters. The standard InChI is InChI=1S/C58H117NO3/c1-3-5-7-9-11-13-15-16-17-18-19-20-21-22-23-24-25-26-27-28-29-30-31-32-33-34-35-36-37-38-39-40-41-42-44-46-48-50-52-54-58(62)59-56(55-60)57(61)53-51-49-47-45-43-14-12-10-8-6-4-2/h56-57,60-61H,3-55H2,1-2H3,(H,59,62). The van der Waals surface area contributed by atoms with Crippen molar-refractivity contribution >= 4 is 5.91 Å². The number of aliphatic hydroxyl groups is 2. The number of aliphatic hydroxyl groups excluding tert-OH is 2. The molecular weight excluding hydrogens is 759 g/mol. The largest absolute Gasteiger partial charge is 0.394 e. The molecule has 0 bridgehead atoms. The lowest BCUT2D eigenvalue weighted by atomic mass is 10.0. The molecule has 0 saturated heterocycles. The molecule has 62 heavy (non-hydrogen) atoms. The van der Waals surface area contributed by atoms with E-state index >= 15 is 0 Å². The van der Waals surface area contributed by atoms with Gasteiger partial charge in [0, 0.05) is 6.42 Å². The van der Waals surface area contributed by atoms with E-state index in [-0.39, 0.29) is 12.5 Å². The van der Waals surface area contributed by atoms with Crippen LogP contribution in [0.25, 0.3) is 0 Å². The zero-order chi connectivity index (χ0) is 44.9. The highest BCUT2D eigenvalue weighted by atomic mass is 16.3. The van der Waals surface area contributed by atoms with Crippen molar-refractivity contribution < 1.29 is 15.0 Å². The Balaban J connectivity index is 3.29. The molecule has 4 nitrogen and oxygen atoms in total. The summed E-state index contributed by atoms with van der Waals surface area (Å²) in [5, 5.41) is 23.2. The first-order valence-electron chi connectivity index (χ1n) is 29.2. The van der Waals surface area contributed by atoms with Crippen molar-refractivity contribution in [2.45, 2.75) is 360 Å². The van der Waals surface area contributed by atoms with Gasteiger partial charge in [0.1, 0.15) is 0 Å². The van der Waals surface area contributed by atoms with E-state index in [9.17, 15) is 15.0 Å². The molecule has 0 aromatic rings. The van der Waals surface area contributed by atoms with Crippen molar-refractivity contribution in [1.82, 2.24) is 5.32 Å². The van der Waals surface area contributed by atoms with Gasteiger partial charge in [-0.1, -0.05) is 328 Å². The molecule has 0 aliphatic carbocycles. The first-order chi connectivity index (χ1) is 30.7. The van der Waals surface area contributed by atoms with Gasteiger partial charge in [-0.2, -0.15) is 0 Å². The fourth-order valence-corrected chi connectivity index (χ4v) is 9.66. The van der Waals surface area contributed by atoms with Crippen molar-refractivity contribution in [1.29, 1.82) is 0 Å². The molecule has 2 atom stereocenters. The zero-order valence-electron chi connectivity index (χ0n) is 42.9. The van der Waals surface area contributed by atoms with E-state index < -0.39 is 12.1 Å². The van der Waals surface area contributed by atoms with Crippen LogP contribution < -0.4 is 5.32 Å². The first kappa shape index (κ1) is 61.4. The van der Waals surface area contributed by atoms with Gasteiger partial charge < -0.3 is 15.5 Å². The Labute approximate surface area is 391 Å². The molecular formula is C58H117NO3. The number of hydrogen-bond donors (Lipinski definition) is 3. The maximum absolute atomic E-state index is 12.4. The van der Waals surface area contributed by atoms with E-state index in [1.54, 1.807) is 0 Å². The summed E-state index contributed by atoms with van der Waals surface area (Å²) in [4.78, 5) is 12.4. The van der Waals surface area contributed by atoms with Gasteiger partial charge in [-0.15, -0.1) is 0 Å². The van der Waals surface area contributed by atoms with Crippen LogP contribution in [0.15, 0.2) is 0 Å². The van der Waals surface area contributed by atoms with Gasteiger partial charge in [0.2, 0.25) is 5.91 Å². The normalized spacial score (nSPS) is 12.6. The summed E-state index contributed by atoms with van der Waals surface area (Å²) < 4.78 is 0. The number of rotatable bonds is 55. The van der Waals surface area contributed by atoms with Crippen molar-refractivity contribution in [2.75, 3.05) is 6.61 Å². The molecule has 0 radical (unpaired) electrons. The Morgan fingerprint density at radius 3 is 0.726 bits per heavy atom. The van der Waals surface area contributed by atoms with Crippen LogP contribution in [0, 0.1) is 0 Å². The lowest BCUT2D eigenvalue weighted by Crippen LogP contribution is -2.45. The van der Waals surface area contributed by atoms with Gasteiger partial charge in [-0.05, 0) is 12.8 Å². The molecule has 0 heterocycles. The Morgan fingerprint density at radius 1 is 0.323 bits per heavy atom. The minimum atomic E-state index is -0.653. The maximum atomic E-state index is 12.4. The van der Waals surface area contributed by atoms with Crippen LogP contribution in [0.5, 0.6) is 0 Å². The molecule has 3 N–H and O–H groups in total. The summed E-state index contributed by atoms with van der Waals surface area (Å²) >= 11 is 0. The maximum Gasteiger partial charge on any atom is 0.220 e. The average molecular weight is 877 g/mol. The molecule has 0 aliphatic heterocycles. The number of amides is 1. The summed E-state index contributed by atoms with van der Waals surface area (Å²) in [6, 6.07) is -0.529. The van der Waals surface area contributed by atoms with Crippen LogP contribution in [-0.2, 0) is 4.79 Å². The Morgan fingerprint density at radius 2 is 0.516 bits per heavy atom. The third-order valence-corrected chi connectivity index (χ3v) is 14.1. The average Bonchev–Trinajstić information content (AvgIpc) is 3.28. The van der Waals surface area contributed by atoms with Crippen LogP contribution in [0.4, 0.5) is 0 Å². The predicted molar refractivity (Wildman–Crippen MR) is 276 cm³/mol. The fraction of sp³-hybridized carbons (Fsp3) is 0.983. The van der Waals surface area contributed by atoms with Crippen molar-refractivity contribution in [3.8, 4) is 0 Å². The summed E-state index contributed by atoms with van der Waals surface area (Å²) in [6.07, 6.45) is 69.9. The predicted octanol–water partition coefficient (Wildman–Crippen LogP) is 19.1. The van der Waals surface area contributed by atoms with E-state index in [0.29, 0.717) is 12.8 Å². The Kier molecular flexibility index (Phi) is 54.2. The van der Waals surface area contributed by atoms with Crippen molar-refractivity contribution in [3.05, 3.63) is 0 Å². The quantitative estimate of drug-likeness (QED) is 0.0533. The van der Waals surface area contributed by atoms with E-state index in [4.69, 9.17) is 0 Å². The van der Waals surface area contributed by atoms with E-state index in [1.807, 2.05) is 0 Å². The third kappa shape index (κ3) is 50.4. The van der Waals surface area contributed by atoms with Gasteiger partial charge >= 0.3 is 0 Å². The van der Waals surface area contributed by atoms with E-state index in [1.165, 1.54) is 295 Å². The monoisotopic (exact) mass is 876 g/mol. The summed E-state index contributed by atoms with van der Waals surface area (Å²) in [7, 11) is 0. The van der Waals surface area contributed by atoms with Gasteiger partial charge in [-0.25, -0.2) is 0 Å². The molecule has 0 fully saturated rings. The molecule has 0 spiro atoms. The number of carbonyl (C=O) groups is 1. The van der Waals surface area contributed by atoms with Crippen LogP contribution in [0.1, 0.15) is 348 Å². The molecule has 0 aliphatic rings. The van der Waals surface area contributed by atoms with Crippen molar-refractivity contribution in [3.63, 3.8) is 0 Å². The first-order valence-corrected chi connectivity index (χ1v) is 29.2. The van der Waals surface area contributed by atoms with Gasteiger partial charge in [0.15, 0.2) is 0 Å². The minimum Gasteiger partial charge on any atom is -0.394 e. The summed E-state index contributed by atoms with van der Waals surface area (Å²) in [5.74, 6) is -0.0245. The lowest BCUT2D eigenvalue weighted by Gasteiger charge is -2.22. The zero-order valence-corrected chi connectivity index (χ0v) is 42.9. The van der Waals surface area contributed by atoms with Crippen molar-refractivity contribution in [2.24, 2.45) is 0 Å². The molecule has 0 aromatic heterocycles. The second kappa shape index (κ2) is 54.7. The number of unbranched alkanes of at least 4 members (excludes halogenated alkanes) is 48. The summed E-state index contributed by atoms with van der Waals surface area (Å²) in [5.41, 5.74) is 0. The SMILES string of the molecule is CCCCCCCCCCCCCCCCCCCCCCCCCCCCCCCCCCCCCCCCCC(=O)NC(CO)C(O)CCCCCCCCCCCCC. The van der Waals surface area contributed by atoms with Crippen LogP contribution >= 0.6 is 0 Å². The fourth-order valence-electron chi connectivity index (χ4n) is 9.66. The van der Waals surface area contributed by atoms with Crippen LogP contribution in [0.2, 0.25) is 0 Å². The topological polar surface area (TPSA) is 69.6 Å². The van der Waals surface area contributed by atoms with Crippen LogP contribution in [-0.4, -0.2) is 34.9 Å². The van der Waals surface area contributed by atoms with E-state index in [2.05, 4.69) is 19.2 Å². The number of carbonyl (C=O) groups excluding carboxylic acids is 1. The number of hydrogen-bond acceptors (Lipinski definition) is 3. The molecule has 0 aromatic carbocycles. The Bertz CT molecular complexity index is 819. The summed E-state index contributed by atoms with van der Waals surface area (Å²) in [6.45, 7) is 4.38. The smallest absolute Gasteiger partial charge is 0.220 e. The molecule has 0 rings (SSSR count). The highest BCUT2D eigenvalue weighted by molar-refractivity contribution is 5.76. The molecule has 4 heteroatoms. The molecule has 1 amide bonds. The third-order valence-electron chi connectivity index (χ3n) is 14.1. The van der Waals surface area contributed by atoms with Crippen LogP contribution in [0.3, 0.4) is 0 Å². The minimum absolute atomic E-state index is 0.0245. The lowest BCUT2D eigenvalue weighted by molar-refractivity contribution is -0.123. The van der Waals surface area contributed by atoms with Gasteiger partial charge in [-0.3, -0.25) is 4.79 Å². The second-order valence-corrected chi connectivity index (χ2v) is 20.4.